The van der Waals surface area contributed by atoms with Crippen LogP contribution in [0.25, 0.3) is 0 Å². The fourth-order valence-corrected chi connectivity index (χ4v) is 4.30. The molecule has 1 N–H and O–H groups in total. The summed E-state index contributed by atoms with van der Waals surface area (Å²) in [4.78, 5) is 24.9. The van der Waals surface area contributed by atoms with Crippen LogP contribution in [0.15, 0.2) is 53.4 Å². The van der Waals surface area contributed by atoms with E-state index >= 15 is 0 Å². The predicted octanol–water partition coefficient (Wildman–Crippen LogP) is 1.71. The van der Waals surface area contributed by atoms with Gasteiger partial charge in [0.1, 0.15) is 0 Å². The minimum absolute atomic E-state index is 0.0682. The zero-order chi connectivity index (χ0) is 19.4. The third kappa shape index (κ3) is 4.35. The highest BCUT2D eigenvalue weighted by molar-refractivity contribution is 7.89. The molecule has 0 aromatic heterocycles. The number of rotatable bonds is 5. The first kappa shape index (κ1) is 19.1. The number of amides is 2. The molecule has 142 valence electrons. The number of nitrogens with zero attached hydrogens (tertiary/aromatic N) is 2. The number of benzene rings is 2. The Morgan fingerprint density at radius 3 is 2.33 bits per heavy atom. The highest BCUT2D eigenvalue weighted by atomic mass is 32.2. The van der Waals surface area contributed by atoms with Gasteiger partial charge in [-0.15, -0.1) is 0 Å². The first-order valence-corrected chi connectivity index (χ1v) is 10.0. The molecule has 0 bridgehead atoms. The Kier molecular flexibility index (Phi) is 5.57. The van der Waals surface area contributed by atoms with Crippen molar-refractivity contribution in [1.29, 1.82) is 0 Å². The van der Waals surface area contributed by atoms with Crippen LogP contribution in [0.1, 0.15) is 15.9 Å². The number of nitrogens with one attached hydrogen (secondary N) is 1. The zero-order valence-corrected chi connectivity index (χ0v) is 15.8. The van der Waals surface area contributed by atoms with E-state index in [4.69, 9.17) is 0 Å². The van der Waals surface area contributed by atoms with Gasteiger partial charge in [-0.2, -0.15) is 4.31 Å². The van der Waals surface area contributed by atoms with Gasteiger partial charge in [-0.05, 0) is 37.3 Å². The summed E-state index contributed by atoms with van der Waals surface area (Å²) in [5.41, 5.74) is 1.99. The van der Waals surface area contributed by atoms with Crippen LogP contribution in [0.5, 0.6) is 0 Å². The highest BCUT2D eigenvalue weighted by Crippen LogP contribution is 2.19. The van der Waals surface area contributed by atoms with Gasteiger partial charge in [0.25, 0.3) is 5.91 Å². The van der Waals surface area contributed by atoms with E-state index in [9.17, 15) is 18.0 Å². The molecule has 0 radical (unpaired) electrons. The Labute approximate surface area is 158 Å². The summed E-state index contributed by atoms with van der Waals surface area (Å²) in [7, 11) is -3.72. The third-order valence-corrected chi connectivity index (χ3v) is 6.36. The summed E-state index contributed by atoms with van der Waals surface area (Å²) in [5, 5.41) is 2.76. The van der Waals surface area contributed by atoms with Gasteiger partial charge >= 0.3 is 0 Å². The van der Waals surface area contributed by atoms with Crippen molar-refractivity contribution in [1.82, 2.24) is 9.21 Å². The van der Waals surface area contributed by atoms with Gasteiger partial charge in [0.05, 0.1) is 4.90 Å². The molecule has 7 nitrogen and oxygen atoms in total. The van der Waals surface area contributed by atoms with Crippen LogP contribution >= 0.6 is 0 Å². The summed E-state index contributed by atoms with van der Waals surface area (Å²) < 4.78 is 27.0. The molecule has 0 spiro atoms. The largest absolute Gasteiger partial charge is 0.343 e. The van der Waals surface area contributed by atoms with Crippen molar-refractivity contribution in [2.75, 3.05) is 31.5 Å². The van der Waals surface area contributed by atoms with Crippen molar-refractivity contribution in [3.63, 3.8) is 0 Å². The highest BCUT2D eigenvalue weighted by Gasteiger charge is 2.28. The number of hydrogen-bond acceptors (Lipinski definition) is 4. The van der Waals surface area contributed by atoms with Crippen LogP contribution < -0.4 is 5.32 Å². The SMILES string of the molecule is Cc1ccc(NC(=O)c2cccc(S(=O)(=O)N3CCN(C=O)CC3)c2)cc1. The molecule has 27 heavy (non-hydrogen) atoms. The normalized spacial score (nSPS) is 15.4. The van der Waals surface area contributed by atoms with Gasteiger partial charge in [-0.25, -0.2) is 8.42 Å². The van der Waals surface area contributed by atoms with E-state index in [1.165, 1.54) is 21.3 Å². The van der Waals surface area contributed by atoms with Crippen molar-refractivity contribution < 1.29 is 18.0 Å². The molecule has 2 amide bonds. The number of aryl methyl sites for hydroxylation is 1. The topological polar surface area (TPSA) is 86.8 Å². The van der Waals surface area contributed by atoms with E-state index in [0.29, 0.717) is 18.8 Å². The van der Waals surface area contributed by atoms with E-state index < -0.39 is 10.0 Å². The number of hydrogen-bond donors (Lipinski definition) is 1. The monoisotopic (exact) mass is 387 g/mol. The second-order valence-electron chi connectivity index (χ2n) is 6.39. The number of piperazine rings is 1. The Morgan fingerprint density at radius 2 is 1.70 bits per heavy atom. The first-order valence-electron chi connectivity index (χ1n) is 8.58. The average molecular weight is 387 g/mol. The Morgan fingerprint density at radius 1 is 1.04 bits per heavy atom. The lowest BCUT2D eigenvalue weighted by atomic mass is 10.2. The van der Waals surface area contributed by atoms with E-state index in [-0.39, 0.29) is 29.5 Å². The summed E-state index contributed by atoms with van der Waals surface area (Å²) in [6.07, 6.45) is 0.722. The van der Waals surface area contributed by atoms with Crippen molar-refractivity contribution in [3.8, 4) is 0 Å². The molecular weight excluding hydrogens is 366 g/mol. The summed E-state index contributed by atoms with van der Waals surface area (Å²) in [5.74, 6) is -0.373. The van der Waals surface area contributed by atoms with Crippen molar-refractivity contribution in [2.45, 2.75) is 11.8 Å². The van der Waals surface area contributed by atoms with Crippen LogP contribution in [0, 0.1) is 6.92 Å². The molecule has 0 aliphatic carbocycles. The molecule has 2 aromatic carbocycles. The van der Waals surface area contributed by atoms with Gasteiger partial charge in [0, 0.05) is 37.4 Å². The number of carbonyl (C=O) groups is 2. The second kappa shape index (κ2) is 7.89. The summed E-state index contributed by atoms with van der Waals surface area (Å²) in [6, 6.07) is 13.3. The zero-order valence-electron chi connectivity index (χ0n) is 15.0. The molecule has 1 aliphatic rings. The predicted molar refractivity (Wildman–Crippen MR) is 102 cm³/mol. The number of sulfonamides is 1. The van der Waals surface area contributed by atoms with Gasteiger partial charge < -0.3 is 10.2 Å². The van der Waals surface area contributed by atoms with Gasteiger partial charge in [0.15, 0.2) is 0 Å². The van der Waals surface area contributed by atoms with E-state index in [0.717, 1.165) is 12.0 Å². The fraction of sp³-hybridized carbons (Fsp3) is 0.263. The Hall–Kier alpha value is -2.71. The van der Waals surface area contributed by atoms with Crippen molar-refractivity contribution in [3.05, 3.63) is 59.7 Å². The molecule has 1 saturated heterocycles. The van der Waals surface area contributed by atoms with Crippen molar-refractivity contribution in [2.24, 2.45) is 0 Å². The molecule has 1 fully saturated rings. The number of carbonyl (C=O) groups excluding carboxylic acids is 2. The van der Waals surface area contributed by atoms with Crippen LogP contribution in [-0.2, 0) is 14.8 Å². The molecule has 2 aromatic rings. The number of anilines is 1. The Balaban J connectivity index is 1.77. The molecule has 0 unspecified atom stereocenters. The first-order chi connectivity index (χ1) is 12.9. The molecule has 0 atom stereocenters. The molecule has 8 heteroatoms. The van der Waals surface area contributed by atoms with Crippen LogP contribution in [0.4, 0.5) is 5.69 Å². The quantitative estimate of drug-likeness (QED) is 0.792. The van der Waals surface area contributed by atoms with Gasteiger partial charge in [-0.3, -0.25) is 9.59 Å². The maximum Gasteiger partial charge on any atom is 0.255 e. The van der Waals surface area contributed by atoms with E-state index in [1.807, 2.05) is 19.1 Å². The smallest absolute Gasteiger partial charge is 0.255 e. The molecule has 1 heterocycles. The van der Waals surface area contributed by atoms with Crippen LogP contribution in [0.2, 0.25) is 0 Å². The lowest BCUT2D eigenvalue weighted by Gasteiger charge is -2.31. The van der Waals surface area contributed by atoms with Crippen LogP contribution in [-0.4, -0.2) is 56.1 Å². The molecular formula is C19H21N3O4S. The minimum atomic E-state index is -3.72. The molecule has 3 rings (SSSR count). The maximum atomic E-state index is 12.8. The average Bonchev–Trinajstić information content (AvgIpc) is 2.70. The van der Waals surface area contributed by atoms with Crippen molar-refractivity contribution >= 4 is 28.0 Å². The standard InChI is InChI=1S/C19H21N3O4S/c1-15-5-7-17(8-6-15)20-19(24)16-3-2-4-18(13-16)27(25,26)22-11-9-21(14-23)10-12-22/h2-8,13-14H,9-12H2,1H3,(H,20,24). The Bertz CT molecular complexity index is 934. The summed E-state index contributed by atoms with van der Waals surface area (Å²) >= 11 is 0. The van der Waals surface area contributed by atoms with Gasteiger partial charge in [0.2, 0.25) is 16.4 Å². The van der Waals surface area contributed by atoms with Crippen LogP contribution in [0.3, 0.4) is 0 Å². The lowest BCUT2D eigenvalue weighted by Crippen LogP contribution is -2.47. The van der Waals surface area contributed by atoms with E-state index in [1.54, 1.807) is 24.3 Å². The molecule has 0 saturated carbocycles. The minimum Gasteiger partial charge on any atom is -0.343 e. The van der Waals surface area contributed by atoms with Gasteiger partial charge in [-0.1, -0.05) is 23.8 Å². The maximum absolute atomic E-state index is 12.8. The second-order valence-corrected chi connectivity index (χ2v) is 8.33. The summed E-state index contributed by atoms with van der Waals surface area (Å²) in [6.45, 7) is 3.14. The van der Waals surface area contributed by atoms with E-state index in [2.05, 4.69) is 5.32 Å². The fourth-order valence-electron chi connectivity index (χ4n) is 2.84. The lowest BCUT2D eigenvalue weighted by molar-refractivity contribution is -0.119. The molecule has 1 aliphatic heterocycles. The third-order valence-electron chi connectivity index (χ3n) is 4.47.